The van der Waals surface area contributed by atoms with Crippen LogP contribution in [0.4, 0.5) is 4.39 Å². The van der Waals surface area contributed by atoms with Gasteiger partial charge in [0, 0.05) is 6.54 Å². The van der Waals surface area contributed by atoms with Crippen molar-refractivity contribution >= 4 is 16.9 Å². The second-order valence-electron chi connectivity index (χ2n) is 7.65. The van der Waals surface area contributed by atoms with Crippen LogP contribution >= 0.6 is 0 Å². The number of carbonyl (C=O) groups excluding carboxylic acids is 1. The molecule has 1 aliphatic rings. The number of hydrogen-bond donors (Lipinski definition) is 0. The topological polar surface area (TPSA) is 63.0 Å². The predicted molar refractivity (Wildman–Crippen MR) is 111 cm³/mol. The van der Waals surface area contributed by atoms with Crippen molar-refractivity contribution in [2.75, 3.05) is 34.3 Å². The number of fused-ring (bicyclic) bond motifs is 2. The standard InChI is InChI=1S/C23H23FN2O4/c1-25(2)10-5-11-26-20(14-6-4-7-16(12-14)29-3)19-21(27)17-13-15(24)8-9-18(17)30-22(19)23(26)28/h4,6-9,12-13,20H,5,10-11H2,1-3H3/t20-/m0/s1. The third kappa shape index (κ3) is 3.45. The lowest BCUT2D eigenvalue weighted by Crippen LogP contribution is -2.32. The van der Waals surface area contributed by atoms with Crippen LogP contribution in [0.1, 0.15) is 34.1 Å². The van der Waals surface area contributed by atoms with Gasteiger partial charge in [-0.05, 0) is 63.0 Å². The minimum absolute atomic E-state index is 0.0248. The average Bonchev–Trinajstić information content (AvgIpc) is 3.01. The van der Waals surface area contributed by atoms with Crippen LogP contribution in [0.2, 0.25) is 0 Å². The SMILES string of the molecule is COc1cccc([C@H]2c3c(oc4ccc(F)cc4c3=O)C(=O)N2CCCN(C)C)c1. The van der Waals surface area contributed by atoms with Crippen molar-refractivity contribution in [1.29, 1.82) is 0 Å². The third-order valence-corrected chi connectivity index (χ3v) is 5.34. The lowest BCUT2D eigenvalue weighted by atomic mass is 9.98. The van der Waals surface area contributed by atoms with E-state index >= 15 is 0 Å². The molecule has 1 aromatic heterocycles. The van der Waals surface area contributed by atoms with Gasteiger partial charge < -0.3 is 19.0 Å². The zero-order valence-corrected chi connectivity index (χ0v) is 17.1. The highest BCUT2D eigenvalue weighted by Crippen LogP contribution is 2.39. The maximum absolute atomic E-state index is 13.8. The van der Waals surface area contributed by atoms with E-state index in [2.05, 4.69) is 0 Å². The van der Waals surface area contributed by atoms with E-state index in [-0.39, 0.29) is 33.6 Å². The molecule has 0 aliphatic carbocycles. The van der Waals surface area contributed by atoms with Crippen molar-refractivity contribution in [3.05, 3.63) is 75.4 Å². The first-order valence-electron chi connectivity index (χ1n) is 9.76. The van der Waals surface area contributed by atoms with Gasteiger partial charge in [0.15, 0.2) is 5.43 Å². The molecule has 4 rings (SSSR count). The number of hydrogen-bond acceptors (Lipinski definition) is 5. The lowest BCUT2D eigenvalue weighted by Gasteiger charge is -2.26. The van der Waals surface area contributed by atoms with Crippen molar-refractivity contribution in [1.82, 2.24) is 9.80 Å². The fourth-order valence-corrected chi connectivity index (χ4v) is 3.94. The van der Waals surface area contributed by atoms with Crippen LogP contribution in [0, 0.1) is 5.82 Å². The first-order chi connectivity index (χ1) is 14.4. The number of nitrogens with zero attached hydrogens (tertiary/aromatic N) is 2. The summed E-state index contributed by atoms with van der Waals surface area (Å²) in [5.74, 6) is -0.214. The van der Waals surface area contributed by atoms with Crippen molar-refractivity contribution in [3.8, 4) is 5.75 Å². The van der Waals surface area contributed by atoms with Crippen molar-refractivity contribution < 1.29 is 18.3 Å². The molecule has 0 saturated heterocycles. The van der Waals surface area contributed by atoms with Crippen LogP contribution in [0.5, 0.6) is 5.75 Å². The molecule has 3 aromatic rings. The van der Waals surface area contributed by atoms with Gasteiger partial charge in [-0.15, -0.1) is 0 Å². The summed E-state index contributed by atoms with van der Waals surface area (Å²) in [5.41, 5.74) is 0.806. The van der Waals surface area contributed by atoms with Gasteiger partial charge in [-0.2, -0.15) is 0 Å². The molecule has 0 saturated carbocycles. The second kappa shape index (κ2) is 7.91. The zero-order valence-electron chi connectivity index (χ0n) is 17.1. The summed E-state index contributed by atoms with van der Waals surface area (Å²) in [6, 6.07) is 10.4. The number of halogens is 1. The van der Waals surface area contributed by atoms with Gasteiger partial charge >= 0.3 is 0 Å². The monoisotopic (exact) mass is 410 g/mol. The van der Waals surface area contributed by atoms with E-state index in [4.69, 9.17) is 9.15 Å². The molecule has 0 radical (unpaired) electrons. The van der Waals surface area contributed by atoms with Crippen LogP contribution in [0.3, 0.4) is 0 Å². The van der Waals surface area contributed by atoms with E-state index in [0.29, 0.717) is 12.3 Å². The maximum atomic E-state index is 13.8. The highest BCUT2D eigenvalue weighted by Gasteiger charge is 2.42. The lowest BCUT2D eigenvalue weighted by molar-refractivity contribution is 0.0722. The molecule has 1 atom stereocenters. The third-order valence-electron chi connectivity index (χ3n) is 5.34. The van der Waals surface area contributed by atoms with Gasteiger partial charge in [0.05, 0.1) is 24.1 Å². The Balaban J connectivity index is 1.89. The number of amides is 1. The minimum Gasteiger partial charge on any atom is -0.497 e. The van der Waals surface area contributed by atoms with E-state index in [9.17, 15) is 14.0 Å². The molecule has 0 spiro atoms. The predicted octanol–water partition coefficient (Wildman–Crippen LogP) is 3.44. The van der Waals surface area contributed by atoms with Crippen LogP contribution in [-0.2, 0) is 0 Å². The Kier molecular flexibility index (Phi) is 5.30. The zero-order chi connectivity index (χ0) is 21.4. The Morgan fingerprint density at radius 2 is 1.97 bits per heavy atom. The van der Waals surface area contributed by atoms with Gasteiger partial charge in [-0.1, -0.05) is 12.1 Å². The number of benzene rings is 2. The summed E-state index contributed by atoms with van der Waals surface area (Å²) >= 11 is 0. The molecule has 6 nitrogen and oxygen atoms in total. The Bertz CT molecular complexity index is 1170. The maximum Gasteiger partial charge on any atom is 0.290 e. The van der Waals surface area contributed by atoms with Gasteiger partial charge in [0.1, 0.15) is 17.1 Å². The number of rotatable bonds is 6. The smallest absolute Gasteiger partial charge is 0.290 e. The van der Waals surface area contributed by atoms with Gasteiger partial charge in [-0.3, -0.25) is 9.59 Å². The Labute approximate surface area is 173 Å². The molecule has 1 aliphatic heterocycles. The highest BCUT2D eigenvalue weighted by molar-refractivity contribution is 5.99. The molecule has 0 N–H and O–H groups in total. The number of ether oxygens (including phenoxy) is 1. The quantitative estimate of drug-likeness (QED) is 0.623. The van der Waals surface area contributed by atoms with Crippen molar-refractivity contribution in [2.45, 2.75) is 12.5 Å². The minimum atomic E-state index is -0.617. The largest absolute Gasteiger partial charge is 0.497 e. The summed E-state index contributed by atoms with van der Waals surface area (Å²) in [6.07, 6.45) is 0.732. The van der Waals surface area contributed by atoms with E-state index in [0.717, 1.165) is 24.6 Å². The highest BCUT2D eigenvalue weighted by atomic mass is 19.1. The molecule has 30 heavy (non-hydrogen) atoms. The van der Waals surface area contributed by atoms with E-state index < -0.39 is 11.9 Å². The molecule has 156 valence electrons. The normalized spacial score (nSPS) is 15.8. The Morgan fingerprint density at radius 3 is 2.70 bits per heavy atom. The van der Waals surface area contributed by atoms with Gasteiger partial charge in [0.2, 0.25) is 5.76 Å². The van der Waals surface area contributed by atoms with E-state index in [1.807, 2.05) is 31.1 Å². The summed E-state index contributed by atoms with van der Waals surface area (Å²) in [6.45, 7) is 1.24. The molecule has 0 fully saturated rings. The summed E-state index contributed by atoms with van der Waals surface area (Å²) < 4.78 is 25.0. The molecule has 0 bridgehead atoms. The average molecular weight is 410 g/mol. The van der Waals surface area contributed by atoms with Crippen LogP contribution in [0.15, 0.2) is 51.7 Å². The Morgan fingerprint density at radius 1 is 1.17 bits per heavy atom. The fourth-order valence-electron chi connectivity index (χ4n) is 3.94. The van der Waals surface area contributed by atoms with Crippen LogP contribution < -0.4 is 10.2 Å². The molecular formula is C23H23FN2O4. The van der Waals surface area contributed by atoms with Crippen LogP contribution in [-0.4, -0.2) is 50.0 Å². The van der Waals surface area contributed by atoms with Gasteiger partial charge in [0.25, 0.3) is 5.91 Å². The summed E-state index contributed by atoms with van der Waals surface area (Å²) in [7, 11) is 5.49. The van der Waals surface area contributed by atoms with E-state index in [1.54, 1.807) is 24.1 Å². The summed E-state index contributed by atoms with van der Waals surface area (Å²) in [4.78, 5) is 30.3. The summed E-state index contributed by atoms with van der Waals surface area (Å²) in [5, 5.41) is 0.129. The molecule has 1 amide bonds. The molecule has 7 heteroatoms. The van der Waals surface area contributed by atoms with E-state index in [1.165, 1.54) is 12.1 Å². The Hall–Kier alpha value is -3.19. The fraction of sp³-hybridized carbons (Fsp3) is 0.304. The first-order valence-corrected chi connectivity index (χ1v) is 9.76. The second-order valence-corrected chi connectivity index (χ2v) is 7.65. The molecule has 0 unspecified atom stereocenters. The van der Waals surface area contributed by atoms with Crippen LogP contribution in [0.25, 0.3) is 11.0 Å². The molecule has 2 aromatic carbocycles. The van der Waals surface area contributed by atoms with Gasteiger partial charge in [-0.25, -0.2) is 4.39 Å². The van der Waals surface area contributed by atoms with Crippen molar-refractivity contribution in [2.24, 2.45) is 0 Å². The van der Waals surface area contributed by atoms with Crippen molar-refractivity contribution in [3.63, 3.8) is 0 Å². The molecule has 2 heterocycles. The number of methoxy groups -OCH3 is 1. The first kappa shape index (κ1) is 20.1. The number of carbonyl (C=O) groups is 1. The molecular weight excluding hydrogens is 387 g/mol.